The first kappa shape index (κ1) is 22.4. The second-order valence-electron chi connectivity index (χ2n) is 8.66. The van der Waals surface area contributed by atoms with Crippen LogP contribution in [0.1, 0.15) is 24.2 Å². The van der Waals surface area contributed by atoms with Gasteiger partial charge in [0.2, 0.25) is 5.78 Å². The fraction of sp³-hybridized carbons (Fsp3) is 0.143. The molecule has 0 bridgehead atoms. The van der Waals surface area contributed by atoms with E-state index < -0.39 is 0 Å². The summed E-state index contributed by atoms with van der Waals surface area (Å²) in [5.74, 6) is 0.803. The summed E-state index contributed by atoms with van der Waals surface area (Å²) in [7, 11) is 0. The lowest BCUT2D eigenvalue weighted by Gasteiger charge is -2.15. The van der Waals surface area contributed by atoms with E-state index in [0.717, 1.165) is 59.7 Å². The van der Waals surface area contributed by atoms with Crippen LogP contribution in [0, 0.1) is 0 Å². The molecule has 1 N–H and O–H groups in total. The molecule has 0 amide bonds. The summed E-state index contributed by atoms with van der Waals surface area (Å²) in [5.41, 5.74) is 7.34. The maximum Gasteiger partial charge on any atom is 0.222 e. The molecule has 1 aliphatic heterocycles. The predicted molar refractivity (Wildman–Crippen MR) is 149 cm³/mol. The van der Waals surface area contributed by atoms with Crippen molar-refractivity contribution < 1.29 is 0 Å². The average molecular weight is 517 g/mol. The minimum Gasteiger partial charge on any atom is -0.332 e. The highest BCUT2D eigenvalue weighted by atomic mass is 35.5. The Bertz CT molecular complexity index is 1550. The number of aromatic nitrogens is 3. The molecular weight excluding hydrogens is 495 g/mol. The number of aryl methyl sites for hydroxylation is 2. The first-order chi connectivity index (χ1) is 17.1. The maximum atomic E-state index is 6.74. The van der Waals surface area contributed by atoms with Gasteiger partial charge in [0.05, 0.1) is 22.8 Å². The molecule has 0 radical (unpaired) electrons. The highest BCUT2D eigenvalue weighted by molar-refractivity contribution is 7.80. The van der Waals surface area contributed by atoms with Crippen LogP contribution in [0.15, 0.2) is 78.9 Å². The van der Waals surface area contributed by atoms with E-state index in [4.69, 9.17) is 40.4 Å². The Morgan fingerprint density at radius 1 is 0.829 bits per heavy atom. The maximum absolute atomic E-state index is 6.74. The van der Waals surface area contributed by atoms with E-state index in [-0.39, 0.29) is 0 Å². The van der Waals surface area contributed by atoms with Crippen LogP contribution in [-0.2, 0) is 12.8 Å². The van der Waals surface area contributed by atoms with Crippen LogP contribution in [0.5, 0.6) is 0 Å². The number of rotatable bonds is 3. The highest BCUT2D eigenvalue weighted by Crippen LogP contribution is 2.39. The van der Waals surface area contributed by atoms with Crippen LogP contribution in [0.25, 0.3) is 28.3 Å². The van der Waals surface area contributed by atoms with Crippen molar-refractivity contribution in [1.29, 1.82) is 0 Å². The minimum absolute atomic E-state index is 0.537. The van der Waals surface area contributed by atoms with Gasteiger partial charge >= 0.3 is 0 Å². The monoisotopic (exact) mass is 516 g/mol. The molecule has 5 aromatic rings. The van der Waals surface area contributed by atoms with E-state index in [1.165, 1.54) is 11.4 Å². The quantitative estimate of drug-likeness (QED) is 0.247. The SMILES string of the molecule is S=C(Nc1ccc(Cl)cc1)n1c(-c2ccccc2Cl)c2n3c(c(-c4ccccc4)nc13)CCCC2. The lowest BCUT2D eigenvalue weighted by atomic mass is 10.1. The summed E-state index contributed by atoms with van der Waals surface area (Å²) in [6, 6.07) is 25.8. The zero-order valence-electron chi connectivity index (χ0n) is 18.8. The minimum atomic E-state index is 0.537. The number of imidazole rings is 2. The van der Waals surface area contributed by atoms with Crippen molar-refractivity contribution in [3.8, 4) is 22.5 Å². The Balaban J connectivity index is 1.62. The van der Waals surface area contributed by atoms with Crippen LogP contribution in [0.3, 0.4) is 0 Å². The third kappa shape index (κ3) is 3.94. The Hall–Kier alpha value is -3.12. The lowest BCUT2D eigenvalue weighted by Crippen LogP contribution is -2.20. The van der Waals surface area contributed by atoms with Gasteiger partial charge in [-0.25, -0.2) is 4.98 Å². The van der Waals surface area contributed by atoms with E-state index in [9.17, 15) is 0 Å². The fourth-order valence-corrected chi connectivity index (χ4v) is 5.56. The molecule has 35 heavy (non-hydrogen) atoms. The number of nitrogens with zero attached hydrogens (tertiary/aromatic N) is 3. The molecule has 4 nitrogen and oxygen atoms in total. The zero-order chi connectivity index (χ0) is 23.9. The molecule has 0 saturated carbocycles. The number of anilines is 1. The molecule has 3 aromatic carbocycles. The number of benzene rings is 3. The second kappa shape index (κ2) is 9.15. The van der Waals surface area contributed by atoms with Crippen LogP contribution < -0.4 is 5.32 Å². The van der Waals surface area contributed by atoms with Crippen molar-refractivity contribution in [2.45, 2.75) is 25.7 Å². The van der Waals surface area contributed by atoms with Crippen LogP contribution >= 0.6 is 35.4 Å². The molecule has 6 rings (SSSR count). The molecule has 0 fully saturated rings. The van der Waals surface area contributed by atoms with E-state index in [1.807, 2.05) is 53.1 Å². The van der Waals surface area contributed by atoms with Crippen molar-refractivity contribution in [2.75, 3.05) is 5.32 Å². The van der Waals surface area contributed by atoms with Gasteiger partial charge in [-0.1, -0.05) is 71.7 Å². The molecule has 7 heteroatoms. The molecule has 174 valence electrons. The van der Waals surface area contributed by atoms with E-state index in [1.54, 1.807) is 0 Å². The number of halogens is 2. The smallest absolute Gasteiger partial charge is 0.222 e. The third-order valence-corrected chi connectivity index (χ3v) is 7.34. The summed E-state index contributed by atoms with van der Waals surface area (Å²) in [4.78, 5) is 5.18. The molecule has 0 aliphatic carbocycles. The van der Waals surface area contributed by atoms with Gasteiger partial charge in [-0.05, 0) is 68.2 Å². The van der Waals surface area contributed by atoms with Gasteiger partial charge in [-0.3, -0.25) is 8.97 Å². The first-order valence-corrected chi connectivity index (χ1v) is 12.8. The fourth-order valence-electron chi connectivity index (χ4n) is 4.92. The summed E-state index contributed by atoms with van der Waals surface area (Å²) >= 11 is 18.8. The van der Waals surface area contributed by atoms with E-state index in [0.29, 0.717) is 15.2 Å². The van der Waals surface area contributed by atoms with Gasteiger partial charge in [0.25, 0.3) is 0 Å². The number of nitrogens with one attached hydrogen (secondary N) is 1. The van der Waals surface area contributed by atoms with E-state index in [2.05, 4.69) is 40.0 Å². The van der Waals surface area contributed by atoms with Crippen molar-refractivity contribution in [1.82, 2.24) is 14.0 Å². The third-order valence-electron chi connectivity index (χ3n) is 6.47. The van der Waals surface area contributed by atoms with Crippen molar-refractivity contribution in [3.63, 3.8) is 0 Å². The Morgan fingerprint density at radius 2 is 1.51 bits per heavy atom. The first-order valence-electron chi connectivity index (χ1n) is 11.6. The molecule has 0 atom stereocenters. The molecule has 0 saturated heterocycles. The van der Waals surface area contributed by atoms with E-state index >= 15 is 0 Å². The molecule has 0 unspecified atom stereocenters. The average Bonchev–Trinajstić information content (AvgIpc) is 3.29. The zero-order valence-corrected chi connectivity index (χ0v) is 21.2. The molecule has 1 aliphatic rings. The summed E-state index contributed by atoms with van der Waals surface area (Å²) < 4.78 is 4.35. The largest absolute Gasteiger partial charge is 0.332 e. The Kier molecular flexibility index (Phi) is 5.85. The second-order valence-corrected chi connectivity index (χ2v) is 9.89. The Morgan fingerprint density at radius 3 is 2.26 bits per heavy atom. The van der Waals surface area contributed by atoms with Gasteiger partial charge in [-0.2, -0.15) is 0 Å². The van der Waals surface area contributed by atoms with Crippen LogP contribution in [0.4, 0.5) is 5.69 Å². The van der Waals surface area contributed by atoms with Crippen LogP contribution in [-0.4, -0.2) is 19.1 Å². The molecule has 2 aromatic heterocycles. The molecule has 3 heterocycles. The van der Waals surface area contributed by atoms with Crippen molar-refractivity contribution >= 4 is 52.0 Å². The summed E-state index contributed by atoms with van der Waals surface area (Å²) in [6.45, 7) is 0. The van der Waals surface area contributed by atoms with Crippen LogP contribution in [0.2, 0.25) is 10.0 Å². The normalized spacial score (nSPS) is 13.1. The standard InChI is InChI=1S/C28H22Cl2N4S/c29-19-14-16-20(17-15-19)31-28(35)34-26(21-10-4-5-11-22(21)30)24-13-7-6-12-23-25(32-27(34)33(23)24)18-8-2-1-3-9-18/h1-5,8-11,14-17H,6-7,12-13H2,(H,31,35). The lowest BCUT2D eigenvalue weighted by molar-refractivity contribution is 0.752. The van der Waals surface area contributed by atoms with Gasteiger partial charge in [0.1, 0.15) is 0 Å². The number of hydrogen-bond acceptors (Lipinski definition) is 2. The molecule has 0 spiro atoms. The summed E-state index contributed by atoms with van der Waals surface area (Å²) in [6.07, 6.45) is 4.08. The summed E-state index contributed by atoms with van der Waals surface area (Å²) in [5, 5.41) is 5.29. The van der Waals surface area contributed by atoms with Crippen molar-refractivity contribution in [3.05, 3.63) is 100 Å². The van der Waals surface area contributed by atoms with Gasteiger partial charge in [0.15, 0.2) is 5.11 Å². The number of hydrogen-bond donors (Lipinski definition) is 1. The van der Waals surface area contributed by atoms with Crippen molar-refractivity contribution in [2.24, 2.45) is 0 Å². The topological polar surface area (TPSA) is 34.3 Å². The molecular formula is C28H22Cl2N4S. The Labute approximate surface area is 219 Å². The van der Waals surface area contributed by atoms with Gasteiger partial charge < -0.3 is 5.32 Å². The highest BCUT2D eigenvalue weighted by Gasteiger charge is 2.29. The van der Waals surface area contributed by atoms with Gasteiger partial charge in [-0.15, -0.1) is 0 Å². The predicted octanol–water partition coefficient (Wildman–Crippen LogP) is 7.90. The number of thiocarbonyl (C=S) groups is 1. The van der Waals surface area contributed by atoms with Gasteiger partial charge in [0, 0.05) is 26.9 Å².